The zero-order valence-electron chi connectivity index (χ0n) is 14.8. The van der Waals surface area contributed by atoms with Crippen molar-refractivity contribution in [1.29, 1.82) is 0 Å². The van der Waals surface area contributed by atoms with E-state index in [0.717, 1.165) is 17.0 Å². The highest BCUT2D eigenvalue weighted by Gasteiger charge is 2.07. The van der Waals surface area contributed by atoms with Crippen molar-refractivity contribution in [1.82, 2.24) is 4.90 Å². The molecular weight excluding hydrogens is 316 g/mol. The maximum absolute atomic E-state index is 12.0. The topological polar surface area (TPSA) is 80.0 Å². The minimum Gasteiger partial charge on any atom is -0.497 e. The fourth-order valence-corrected chi connectivity index (χ4v) is 2.29. The second kappa shape index (κ2) is 8.73. The maximum Gasteiger partial charge on any atom is 0.253 e. The fraction of sp³-hybridized carbons (Fsp3) is 0.263. The van der Waals surface area contributed by atoms with E-state index < -0.39 is 0 Å². The van der Waals surface area contributed by atoms with Crippen molar-refractivity contribution in [3.05, 3.63) is 59.7 Å². The average Bonchev–Trinajstić information content (AvgIpc) is 2.62. The molecule has 3 N–H and O–H groups in total. The quantitative estimate of drug-likeness (QED) is 0.625. The Morgan fingerprint density at radius 2 is 1.92 bits per heavy atom. The van der Waals surface area contributed by atoms with Gasteiger partial charge in [-0.2, -0.15) is 0 Å². The first-order valence-corrected chi connectivity index (χ1v) is 8.01. The highest BCUT2D eigenvalue weighted by molar-refractivity contribution is 5.94. The second-order valence-corrected chi connectivity index (χ2v) is 5.77. The summed E-state index contributed by atoms with van der Waals surface area (Å²) >= 11 is 0. The molecule has 0 saturated carbocycles. The van der Waals surface area contributed by atoms with Crippen LogP contribution in [0.4, 0.5) is 5.69 Å². The molecule has 2 aromatic carbocycles. The van der Waals surface area contributed by atoms with E-state index in [9.17, 15) is 4.79 Å². The SMILES string of the molecule is COc1ccc(NC(N)=NCCc2cccc(C(=O)N(C)C)c2)cc1. The van der Waals surface area contributed by atoms with Crippen LogP contribution in [0.15, 0.2) is 53.5 Å². The number of methoxy groups -OCH3 is 1. The van der Waals surface area contributed by atoms with Gasteiger partial charge in [0.15, 0.2) is 5.96 Å². The van der Waals surface area contributed by atoms with Crippen molar-refractivity contribution in [2.75, 3.05) is 33.1 Å². The number of hydrogen-bond acceptors (Lipinski definition) is 3. The van der Waals surface area contributed by atoms with Gasteiger partial charge in [-0.25, -0.2) is 0 Å². The van der Waals surface area contributed by atoms with Gasteiger partial charge in [0.2, 0.25) is 0 Å². The number of amides is 1. The molecule has 0 aromatic heterocycles. The van der Waals surface area contributed by atoms with Crippen LogP contribution in [0.1, 0.15) is 15.9 Å². The smallest absolute Gasteiger partial charge is 0.253 e. The summed E-state index contributed by atoms with van der Waals surface area (Å²) < 4.78 is 5.11. The minimum absolute atomic E-state index is 0.00830. The lowest BCUT2D eigenvalue weighted by Gasteiger charge is -2.11. The molecule has 0 unspecified atom stereocenters. The number of nitrogens with one attached hydrogen (secondary N) is 1. The largest absolute Gasteiger partial charge is 0.497 e. The lowest BCUT2D eigenvalue weighted by molar-refractivity contribution is 0.0827. The molecule has 0 aliphatic rings. The van der Waals surface area contributed by atoms with Crippen molar-refractivity contribution in [2.45, 2.75) is 6.42 Å². The number of guanidine groups is 1. The van der Waals surface area contributed by atoms with Crippen LogP contribution in [-0.4, -0.2) is 44.5 Å². The van der Waals surface area contributed by atoms with Crippen molar-refractivity contribution < 1.29 is 9.53 Å². The van der Waals surface area contributed by atoms with Gasteiger partial charge < -0.3 is 20.7 Å². The molecule has 0 fully saturated rings. The maximum atomic E-state index is 12.0. The Morgan fingerprint density at radius 1 is 1.20 bits per heavy atom. The van der Waals surface area contributed by atoms with E-state index >= 15 is 0 Å². The molecular formula is C19H24N4O2. The Morgan fingerprint density at radius 3 is 2.56 bits per heavy atom. The van der Waals surface area contributed by atoms with E-state index in [2.05, 4.69) is 10.3 Å². The van der Waals surface area contributed by atoms with Crippen molar-refractivity contribution >= 4 is 17.6 Å². The number of rotatable bonds is 6. The van der Waals surface area contributed by atoms with Crippen LogP contribution in [0.5, 0.6) is 5.75 Å². The molecule has 2 rings (SSSR count). The first-order valence-electron chi connectivity index (χ1n) is 8.01. The van der Waals surface area contributed by atoms with Crippen LogP contribution in [0, 0.1) is 0 Å². The van der Waals surface area contributed by atoms with Gasteiger partial charge in [0.05, 0.1) is 7.11 Å². The summed E-state index contributed by atoms with van der Waals surface area (Å²) in [6, 6.07) is 15.0. The molecule has 2 aromatic rings. The highest BCUT2D eigenvalue weighted by atomic mass is 16.5. The number of aliphatic imine (C=N–C) groups is 1. The third-order valence-corrected chi connectivity index (χ3v) is 3.63. The standard InChI is InChI=1S/C19H24N4O2/c1-23(2)18(24)15-6-4-5-14(13-15)11-12-21-19(20)22-16-7-9-17(25-3)10-8-16/h4-10,13H,11-12H2,1-3H3,(H3,20,21,22). The number of benzene rings is 2. The molecule has 25 heavy (non-hydrogen) atoms. The van der Waals surface area contributed by atoms with Gasteiger partial charge >= 0.3 is 0 Å². The number of carbonyl (C=O) groups excluding carboxylic acids is 1. The Kier molecular flexibility index (Phi) is 6.39. The second-order valence-electron chi connectivity index (χ2n) is 5.77. The van der Waals surface area contributed by atoms with Gasteiger partial charge in [0, 0.05) is 31.9 Å². The average molecular weight is 340 g/mol. The van der Waals surface area contributed by atoms with E-state index in [1.807, 2.05) is 48.5 Å². The Hall–Kier alpha value is -3.02. The summed E-state index contributed by atoms with van der Waals surface area (Å²) in [5, 5.41) is 3.04. The molecule has 0 heterocycles. The molecule has 0 radical (unpaired) electrons. The summed E-state index contributed by atoms with van der Waals surface area (Å²) in [7, 11) is 5.11. The molecule has 0 aliphatic heterocycles. The number of nitrogens with zero attached hydrogens (tertiary/aromatic N) is 2. The Labute approximate surface area is 148 Å². The van der Waals surface area contributed by atoms with Crippen molar-refractivity contribution in [3.8, 4) is 5.75 Å². The molecule has 1 amide bonds. The Balaban J connectivity index is 1.91. The molecule has 6 heteroatoms. The molecule has 0 bridgehead atoms. The zero-order valence-corrected chi connectivity index (χ0v) is 14.8. The fourth-order valence-electron chi connectivity index (χ4n) is 2.29. The van der Waals surface area contributed by atoms with Crippen LogP contribution < -0.4 is 15.8 Å². The molecule has 132 valence electrons. The van der Waals surface area contributed by atoms with Crippen LogP contribution in [0.2, 0.25) is 0 Å². The van der Waals surface area contributed by atoms with E-state index in [1.54, 1.807) is 26.1 Å². The van der Waals surface area contributed by atoms with Gasteiger partial charge in [-0.1, -0.05) is 12.1 Å². The predicted octanol–water partition coefficient (Wildman–Crippen LogP) is 2.37. The normalized spacial score (nSPS) is 11.1. The molecule has 0 spiro atoms. The van der Waals surface area contributed by atoms with Gasteiger partial charge in [0.25, 0.3) is 5.91 Å². The van der Waals surface area contributed by atoms with E-state index in [0.29, 0.717) is 24.5 Å². The number of ether oxygens (including phenoxy) is 1. The number of carbonyl (C=O) groups is 1. The summed E-state index contributed by atoms with van der Waals surface area (Å²) in [5.74, 6) is 1.13. The first-order chi connectivity index (χ1) is 12.0. The molecule has 0 saturated heterocycles. The predicted molar refractivity (Wildman–Crippen MR) is 101 cm³/mol. The summed E-state index contributed by atoms with van der Waals surface area (Å²) in [5.41, 5.74) is 8.48. The molecule has 0 aliphatic carbocycles. The van der Waals surface area contributed by atoms with Crippen LogP contribution >= 0.6 is 0 Å². The van der Waals surface area contributed by atoms with Crippen LogP contribution in [0.3, 0.4) is 0 Å². The van der Waals surface area contributed by atoms with Gasteiger partial charge in [-0.05, 0) is 48.4 Å². The Bertz CT molecular complexity index is 739. The number of anilines is 1. The molecule has 6 nitrogen and oxygen atoms in total. The van der Waals surface area contributed by atoms with Crippen molar-refractivity contribution in [3.63, 3.8) is 0 Å². The lowest BCUT2D eigenvalue weighted by Crippen LogP contribution is -2.23. The summed E-state index contributed by atoms with van der Waals surface area (Å²) in [4.78, 5) is 17.9. The van der Waals surface area contributed by atoms with Gasteiger partial charge in [-0.3, -0.25) is 9.79 Å². The van der Waals surface area contributed by atoms with Crippen molar-refractivity contribution in [2.24, 2.45) is 10.7 Å². The van der Waals surface area contributed by atoms with E-state index in [-0.39, 0.29) is 5.91 Å². The zero-order chi connectivity index (χ0) is 18.2. The van der Waals surface area contributed by atoms with Gasteiger partial charge in [0.1, 0.15) is 5.75 Å². The van der Waals surface area contributed by atoms with Crippen LogP contribution in [0.25, 0.3) is 0 Å². The van der Waals surface area contributed by atoms with Crippen LogP contribution in [-0.2, 0) is 6.42 Å². The summed E-state index contributed by atoms with van der Waals surface area (Å²) in [6.45, 7) is 0.536. The van der Waals surface area contributed by atoms with E-state index in [1.165, 1.54) is 0 Å². The van der Waals surface area contributed by atoms with Gasteiger partial charge in [-0.15, -0.1) is 0 Å². The molecule has 0 atom stereocenters. The third kappa shape index (κ3) is 5.53. The first kappa shape index (κ1) is 18.3. The summed E-state index contributed by atoms with van der Waals surface area (Å²) in [6.07, 6.45) is 0.708. The number of nitrogens with two attached hydrogens (primary N) is 1. The lowest BCUT2D eigenvalue weighted by atomic mass is 10.1. The number of hydrogen-bond donors (Lipinski definition) is 2. The third-order valence-electron chi connectivity index (χ3n) is 3.63. The monoisotopic (exact) mass is 340 g/mol. The minimum atomic E-state index is -0.00830. The van der Waals surface area contributed by atoms with E-state index in [4.69, 9.17) is 10.5 Å². The highest BCUT2D eigenvalue weighted by Crippen LogP contribution is 2.14.